The first-order chi connectivity index (χ1) is 15.1. The van der Waals surface area contributed by atoms with Gasteiger partial charge in [-0.05, 0) is 55.5 Å². The molecule has 0 aliphatic rings. The van der Waals surface area contributed by atoms with E-state index in [0.29, 0.717) is 27.9 Å². The van der Waals surface area contributed by atoms with E-state index in [1.807, 2.05) is 19.1 Å². The largest absolute Gasteiger partial charge is 0.494 e. The Bertz CT molecular complexity index is 1170. The maximum absolute atomic E-state index is 14.1. The molecule has 0 unspecified atom stereocenters. The van der Waals surface area contributed by atoms with E-state index in [-0.39, 0.29) is 24.6 Å². The van der Waals surface area contributed by atoms with E-state index in [0.717, 1.165) is 5.75 Å². The second-order valence-electron chi connectivity index (χ2n) is 6.58. The summed E-state index contributed by atoms with van der Waals surface area (Å²) in [6.07, 6.45) is 1.66. The number of rotatable bonds is 8. The number of hydrogen-bond acceptors (Lipinski definition) is 6. The van der Waals surface area contributed by atoms with E-state index < -0.39 is 5.82 Å². The minimum Gasteiger partial charge on any atom is -0.494 e. The van der Waals surface area contributed by atoms with Crippen LogP contribution in [0.2, 0.25) is 0 Å². The van der Waals surface area contributed by atoms with Gasteiger partial charge in [0.25, 0.3) is 5.91 Å². The molecule has 158 valence electrons. The van der Waals surface area contributed by atoms with Crippen molar-refractivity contribution < 1.29 is 18.7 Å². The van der Waals surface area contributed by atoms with Crippen molar-refractivity contribution in [2.45, 2.75) is 13.5 Å². The summed E-state index contributed by atoms with van der Waals surface area (Å²) in [6, 6.07) is 17.3. The molecule has 2 aromatic heterocycles. The standard InChI is InChI=1S/C23H20FN3O3S/c1-2-29-17-9-11-18(12-10-17)30-15-21(28)27(14-16-6-3-4-13-25-16)23-26-22-19(24)7-5-8-20(22)31-23/h3-13H,2,14-15H2,1H3. The zero-order valence-electron chi connectivity index (χ0n) is 16.8. The van der Waals surface area contributed by atoms with Crippen molar-refractivity contribution in [3.05, 3.63) is 78.4 Å². The van der Waals surface area contributed by atoms with E-state index in [4.69, 9.17) is 9.47 Å². The zero-order chi connectivity index (χ0) is 21.6. The lowest BCUT2D eigenvalue weighted by atomic mass is 10.3. The van der Waals surface area contributed by atoms with Crippen molar-refractivity contribution in [3.8, 4) is 11.5 Å². The Morgan fingerprint density at radius 2 is 1.81 bits per heavy atom. The number of hydrogen-bond donors (Lipinski definition) is 0. The van der Waals surface area contributed by atoms with Gasteiger partial charge in [-0.25, -0.2) is 9.37 Å². The summed E-state index contributed by atoms with van der Waals surface area (Å²) in [5, 5.41) is 0.394. The lowest BCUT2D eigenvalue weighted by Crippen LogP contribution is -2.34. The normalized spacial score (nSPS) is 10.8. The van der Waals surface area contributed by atoms with Crippen molar-refractivity contribution in [3.63, 3.8) is 0 Å². The Kier molecular flexibility index (Phi) is 6.37. The number of aromatic nitrogens is 2. The van der Waals surface area contributed by atoms with E-state index in [9.17, 15) is 9.18 Å². The summed E-state index contributed by atoms with van der Waals surface area (Å²) in [5.41, 5.74) is 0.936. The average Bonchev–Trinajstić information content (AvgIpc) is 3.23. The van der Waals surface area contributed by atoms with Crippen LogP contribution in [0.25, 0.3) is 10.2 Å². The third kappa shape index (κ3) is 4.97. The van der Waals surface area contributed by atoms with Gasteiger partial charge in [0.05, 0.1) is 23.5 Å². The number of fused-ring (bicyclic) bond motifs is 1. The molecule has 0 aliphatic heterocycles. The molecule has 4 aromatic rings. The number of nitrogens with zero attached hydrogens (tertiary/aromatic N) is 3. The second kappa shape index (κ2) is 9.53. The summed E-state index contributed by atoms with van der Waals surface area (Å²) >= 11 is 1.25. The zero-order valence-corrected chi connectivity index (χ0v) is 17.6. The van der Waals surface area contributed by atoms with Gasteiger partial charge in [-0.3, -0.25) is 14.7 Å². The SMILES string of the molecule is CCOc1ccc(OCC(=O)N(Cc2ccccn2)c2nc3c(F)cccc3s2)cc1. The minimum atomic E-state index is -0.420. The van der Waals surface area contributed by atoms with Gasteiger partial charge >= 0.3 is 0 Å². The number of carbonyl (C=O) groups excluding carboxylic acids is 1. The lowest BCUT2D eigenvalue weighted by Gasteiger charge is -2.19. The van der Waals surface area contributed by atoms with Crippen LogP contribution in [0.4, 0.5) is 9.52 Å². The van der Waals surface area contributed by atoms with Crippen molar-refractivity contribution in [1.29, 1.82) is 0 Å². The lowest BCUT2D eigenvalue weighted by molar-refractivity contribution is -0.120. The maximum atomic E-state index is 14.1. The molecule has 0 aliphatic carbocycles. The van der Waals surface area contributed by atoms with E-state index in [2.05, 4.69) is 9.97 Å². The number of pyridine rings is 1. The first-order valence-electron chi connectivity index (χ1n) is 9.75. The molecule has 8 heteroatoms. The Balaban J connectivity index is 1.55. The van der Waals surface area contributed by atoms with Gasteiger partial charge in [0.2, 0.25) is 0 Å². The van der Waals surface area contributed by atoms with E-state index in [1.165, 1.54) is 22.3 Å². The monoisotopic (exact) mass is 437 g/mol. The van der Waals surface area contributed by atoms with Crippen molar-refractivity contribution in [2.24, 2.45) is 0 Å². The van der Waals surface area contributed by atoms with E-state index >= 15 is 0 Å². The van der Waals surface area contributed by atoms with Crippen LogP contribution >= 0.6 is 11.3 Å². The smallest absolute Gasteiger partial charge is 0.267 e. The van der Waals surface area contributed by atoms with Crippen LogP contribution in [0, 0.1) is 5.82 Å². The second-order valence-corrected chi connectivity index (χ2v) is 7.59. The summed E-state index contributed by atoms with van der Waals surface area (Å²) in [6.45, 7) is 2.49. The molecule has 0 saturated heterocycles. The van der Waals surface area contributed by atoms with Crippen LogP contribution in [0.15, 0.2) is 66.9 Å². The molecule has 4 rings (SSSR count). The van der Waals surface area contributed by atoms with Crippen LogP contribution in [0.1, 0.15) is 12.6 Å². The summed E-state index contributed by atoms with van der Waals surface area (Å²) in [4.78, 5) is 23.2. The molecule has 2 aromatic carbocycles. The van der Waals surface area contributed by atoms with Crippen LogP contribution in [0.5, 0.6) is 11.5 Å². The number of anilines is 1. The molecule has 6 nitrogen and oxygen atoms in total. The molecule has 0 N–H and O–H groups in total. The molecule has 31 heavy (non-hydrogen) atoms. The summed E-state index contributed by atoms with van der Waals surface area (Å²) in [7, 11) is 0. The summed E-state index contributed by atoms with van der Waals surface area (Å²) in [5.74, 6) is 0.550. The fourth-order valence-corrected chi connectivity index (χ4v) is 3.95. The van der Waals surface area contributed by atoms with Gasteiger partial charge in [0.15, 0.2) is 11.7 Å². The molecular formula is C23H20FN3O3S. The highest BCUT2D eigenvalue weighted by Gasteiger charge is 2.22. The fraction of sp³-hybridized carbons (Fsp3) is 0.174. The van der Waals surface area contributed by atoms with Crippen LogP contribution in [-0.4, -0.2) is 29.1 Å². The molecule has 0 fully saturated rings. The molecule has 0 spiro atoms. The van der Waals surface area contributed by atoms with Crippen molar-refractivity contribution in [2.75, 3.05) is 18.1 Å². The first-order valence-corrected chi connectivity index (χ1v) is 10.6. The number of ether oxygens (including phenoxy) is 2. The number of thiazole rings is 1. The van der Waals surface area contributed by atoms with Crippen molar-refractivity contribution >= 4 is 32.6 Å². The van der Waals surface area contributed by atoms with Gasteiger partial charge in [-0.2, -0.15) is 0 Å². The van der Waals surface area contributed by atoms with Gasteiger partial charge in [0, 0.05) is 6.20 Å². The molecule has 2 heterocycles. The number of benzene rings is 2. The predicted molar refractivity (Wildman–Crippen MR) is 118 cm³/mol. The minimum absolute atomic E-state index is 0.195. The first kappa shape index (κ1) is 20.7. The molecule has 0 saturated carbocycles. The third-order valence-electron chi connectivity index (χ3n) is 4.43. The van der Waals surface area contributed by atoms with Gasteiger partial charge in [0.1, 0.15) is 22.8 Å². The Hall–Kier alpha value is -3.52. The topological polar surface area (TPSA) is 64.6 Å². The van der Waals surface area contributed by atoms with Crippen molar-refractivity contribution in [1.82, 2.24) is 9.97 Å². The molecular weight excluding hydrogens is 417 g/mol. The third-order valence-corrected chi connectivity index (χ3v) is 5.48. The Morgan fingerprint density at radius 3 is 2.48 bits per heavy atom. The number of para-hydroxylation sites is 1. The maximum Gasteiger partial charge on any atom is 0.267 e. The fourth-order valence-electron chi connectivity index (χ4n) is 2.96. The highest BCUT2D eigenvalue weighted by atomic mass is 32.1. The number of carbonyl (C=O) groups is 1. The highest BCUT2D eigenvalue weighted by molar-refractivity contribution is 7.22. The predicted octanol–water partition coefficient (Wildman–Crippen LogP) is 4.84. The molecule has 0 bridgehead atoms. The van der Waals surface area contributed by atoms with Gasteiger partial charge in [-0.15, -0.1) is 0 Å². The van der Waals surface area contributed by atoms with Crippen LogP contribution in [0.3, 0.4) is 0 Å². The number of halogens is 1. The Labute approximate surface area is 182 Å². The van der Waals surface area contributed by atoms with Crippen LogP contribution in [-0.2, 0) is 11.3 Å². The molecule has 0 atom stereocenters. The summed E-state index contributed by atoms with van der Waals surface area (Å²) < 4.78 is 25.9. The molecule has 0 radical (unpaired) electrons. The number of amides is 1. The van der Waals surface area contributed by atoms with E-state index in [1.54, 1.807) is 48.7 Å². The molecule has 1 amide bonds. The van der Waals surface area contributed by atoms with Gasteiger partial charge < -0.3 is 9.47 Å². The highest BCUT2D eigenvalue weighted by Crippen LogP contribution is 2.31. The Morgan fingerprint density at radius 1 is 1.03 bits per heavy atom. The average molecular weight is 437 g/mol. The van der Waals surface area contributed by atoms with Crippen LogP contribution < -0.4 is 14.4 Å². The van der Waals surface area contributed by atoms with Gasteiger partial charge in [-0.1, -0.05) is 23.5 Å². The quantitative estimate of drug-likeness (QED) is 0.395.